The van der Waals surface area contributed by atoms with Crippen LogP contribution in [-0.4, -0.2) is 56.1 Å². The molecule has 1 fully saturated rings. The molecule has 0 unspecified atom stereocenters. The minimum Gasteiger partial charge on any atom is -0.497 e. The third kappa shape index (κ3) is 6.03. The molecular formula is C24H27N3O7. The summed E-state index contributed by atoms with van der Waals surface area (Å²) in [7, 11) is 2.91. The number of methoxy groups -OCH3 is 2. The molecule has 1 aliphatic rings. The van der Waals surface area contributed by atoms with E-state index in [-0.39, 0.29) is 18.5 Å². The van der Waals surface area contributed by atoms with E-state index in [1.54, 1.807) is 6.07 Å². The molecule has 2 aromatic carbocycles. The Labute approximate surface area is 197 Å². The van der Waals surface area contributed by atoms with Crippen LogP contribution in [-0.2, 0) is 19.1 Å². The molecule has 34 heavy (non-hydrogen) atoms. The molecule has 1 saturated heterocycles. The Morgan fingerprint density at radius 2 is 1.71 bits per heavy atom. The number of rotatable bonds is 8. The Hall–Kier alpha value is -4.08. The maximum Gasteiger partial charge on any atom is 0.311 e. The van der Waals surface area contributed by atoms with Gasteiger partial charge in [0.15, 0.2) is 6.61 Å². The Morgan fingerprint density at radius 3 is 2.35 bits per heavy atom. The van der Waals surface area contributed by atoms with E-state index in [1.807, 2.05) is 32.0 Å². The van der Waals surface area contributed by atoms with Crippen molar-refractivity contribution >= 4 is 29.4 Å². The van der Waals surface area contributed by atoms with Gasteiger partial charge in [0.1, 0.15) is 11.5 Å². The highest BCUT2D eigenvalue weighted by Gasteiger charge is 2.36. The SMILES string of the molecule is COc1cc(OC)cc(C(=O)NN2C[C@@H](C(=O)OCC(=O)Nc3cc(C)ccc3C)CC2=O)c1. The third-order valence-corrected chi connectivity index (χ3v) is 5.32. The maximum atomic E-state index is 12.6. The minimum atomic E-state index is -0.804. The molecule has 0 spiro atoms. The standard InChI is InChI=1S/C24H27N3O7/c1-14-5-6-15(2)20(7-14)25-21(28)13-34-24(31)17-10-22(29)27(12-17)26-23(30)16-8-18(32-3)11-19(9-16)33-4/h5-9,11,17H,10,12-13H2,1-4H3,(H,25,28)(H,26,30)/t17-/m0/s1. The van der Waals surface area contributed by atoms with Crippen molar-refractivity contribution in [1.82, 2.24) is 10.4 Å². The lowest BCUT2D eigenvalue weighted by Gasteiger charge is -2.18. The van der Waals surface area contributed by atoms with E-state index in [0.29, 0.717) is 17.2 Å². The van der Waals surface area contributed by atoms with Gasteiger partial charge < -0.3 is 19.5 Å². The average molecular weight is 469 g/mol. The topological polar surface area (TPSA) is 123 Å². The van der Waals surface area contributed by atoms with Gasteiger partial charge in [0.2, 0.25) is 5.91 Å². The zero-order chi connectivity index (χ0) is 24.8. The summed E-state index contributed by atoms with van der Waals surface area (Å²) in [6, 6.07) is 10.2. The number of hydrogen-bond acceptors (Lipinski definition) is 7. The molecule has 0 radical (unpaired) electrons. The molecule has 10 nitrogen and oxygen atoms in total. The summed E-state index contributed by atoms with van der Waals surface area (Å²) < 4.78 is 15.4. The van der Waals surface area contributed by atoms with Gasteiger partial charge in [0.05, 0.1) is 26.7 Å². The van der Waals surface area contributed by atoms with Crippen LogP contribution < -0.4 is 20.2 Å². The summed E-state index contributed by atoms with van der Waals surface area (Å²) in [5, 5.41) is 3.77. The number of anilines is 1. The molecule has 2 N–H and O–H groups in total. The molecule has 0 aliphatic carbocycles. The van der Waals surface area contributed by atoms with Crippen LogP contribution in [0.4, 0.5) is 5.69 Å². The summed E-state index contributed by atoms with van der Waals surface area (Å²) in [6.07, 6.45) is -0.140. The highest BCUT2D eigenvalue weighted by molar-refractivity contribution is 5.97. The zero-order valence-electron chi connectivity index (χ0n) is 19.5. The summed E-state index contributed by atoms with van der Waals surface area (Å²) in [4.78, 5) is 49.5. The summed E-state index contributed by atoms with van der Waals surface area (Å²) in [5.41, 5.74) is 5.21. The predicted octanol–water partition coefficient (Wildman–Crippen LogP) is 2.00. The Morgan fingerprint density at radius 1 is 1.03 bits per heavy atom. The van der Waals surface area contributed by atoms with Crippen molar-refractivity contribution in [3.63, 3.8) is 0 Å². The summed E-state index contributed by atoms with van der Waals surface area (Å²) in [6.45, 7) is 3.22. The number of nitrogens with zero attached hydrogens (tertiary/aromatic N) is 1. The number of esters is 1. The number of carbonyl (C=O) groups excluding carboxylic acids is 4. The number of carbonyl (C=O) groups is 4. The number of hydrogen-bond donors (Lipinski definition) is 2. The molecule has 0 bridgehead atoms. The van der Waals surface area contributed by atoms with Crippen LogP contribution in [0, 0.1) is 19.8 Å². The van der Waals surface area contributed by atoms with Crippen LogP contribution in [0.25, 0.3) is 0 Å². The Kier molecular flexibility index (Phi) is 7.72. The maximum absolute atomic E-state index is 12.6. The minimum absolute atomic E-state index is 0.0664. The fourth-order valence-corrected chi connectivity index (χ4v) is 3.41. The molecule has 1 atom stereocenters. The van der Waals surface area contributed by atoms with E-state index in [1.165, 1.54) is 26.4 Å². The van der Waals surface area contributed by atoms with Gasteiger partial charge in [-0.25, -0.2) is 0 Å². The lowest BCUT2D eigenvalue weighted by atomic mass is 10.1. The van der Waals surface area contributed by atoms with Crippen molar-refractivity contribution in [1.29, 1.82) is 0 Å². The van der Waals surface area contributed by atoms with E-state index in [0.717, 1.165) is 16.1 Å². The largest absolute Gasteiger partial charge is 0.497 e. The Bertz CT molecular complexity index is 1090. The van der Waals surface area contributed by atoms with Crippen molar-refractivity contribution in [3.8, 4) is 11.5 Å². The van der Waals surface area contributed by atoms with Crippen molar-refractivity contribution in [2.75, 3.05) is 32.7 Å². The highest BCUT2D eigenvalue weighted by atomic mass is 16.5. The summed E-state index contributed by atoms with van der Waals surface area (Å²) >= 11 is 0. The highest BCUT2D eigenvalue weighted by Crippen LogP contribution is 2.23. The number of hydrazine groups is 1. The van der Waals surface area contributed by atoms with Gasteiger partial charge in [-0.2, -0.15) is 0 Å². The number of aryl methyl sites for hydroxylation is 2. The molecular weight excluding hydrogens is 442 g/mol. The van der Waals surface area contributed by atoms with Gasteiger partial charge in [0, 0.05) is 23.7 Å². The normalized spacial score (nSPS) is 15.0. The Balaban J connectivity index is 1.53. The van der Waals surface area contributed by atoms with Crippen molar-refractivity contribution in [3.05, 3.63) is 53.1 Å². The molecule has 1 aliphatic heterocycles. The first-order valence-corrected chi connectivity index (χ1v) is 10.6. The molecule has 2 aromatic rings. The first kappa shape index (κ1) is 24.6. The molecule has 10 heteroatoms. The predicted molar refractivity (Wildman–Crippen MR) is 122 cm³/mol. The van der Waals surface area contributed by atoms with Crippen LogP contribution in [0.5, 0.6) is 11.5 Å². The lowest BCUT2D eigenvalue weighted by molar-refractivity contribution is -0.151. The van der Waals surface area contributed by atoms with Gasteiger partial charge in [-0.05, 0) is 43.2 Å². The average Bonchev–Trinajstić information content (AvgIpc) is 3.19. The van der Waals surface area contributed by atoms with Crippen LogP contribution in [0.3, 0.4) is 0 Å². The van der Waals surface area contributed by atoms with E-state index in [2.05, 4.69) is 10.7 Å². The first-order chi connectivity index (χ1) is 16.2. The second kappa shape index (κ2) is 10.7. The van der Waals surface area contributed by atoms with Gasteiger partial charge in [0.25, 0.3) is 11.8 Å². The molecule has 0 aromatic heterocycles. The summed E-state index contributed by atoms with van der Waals surface area (Å²) in [5.74, 6) is -2.15. The van der Waals surface area contributed by atoms with E-state index < -0.39 is 36.2 Å². The van der Waals surface area contributed by atoms with Crippen LogP contribution in [0.2, 0.25) is 0 Å². The second-order valence-corrected chi connectivity index (χ2v) is 7.92. The number of amides is 3. The van der Waals surface area contributed by atoms with Crippen LogP contribution >= 0.6 is 0 Å². The monoisotopic (exact) mass is 469 g/mol. The molecule has 180 valence electrons. The lowest BCUT2D eigenvalue weighted by Crippen LogP contribution is -2.43. The second-order valence-electron chi connectivity index (χ2n) is 7.92. The van der Waals surface area contributed by atoms with E-state index in [9.17, 15) is 19.2 Å². The fraction of sp³-hybridized carbons (Fsp3) is 0.333. The fourth-order valence-electron chi connectivity index (χ4n) is 3.41. The van der Waals surface area contributed by atoms with Gasteiger partial charge in [-0.3, -0.25) is 29.6 Å². The van der Waals surface area contributed by atoms with Crippen molar-refractivity contribution in [2.45, 2.75) is 20.3 Å². The van der Waals surface area contributed by atoms with Gasteiger partial charge in [-0.15, -0.1) is 0 Å². The first-order valence-electron chi connectivity index (χ1n) is 10.6. The van der Waals surface area contributed by atoms with E-state index in [4.69, 9.17) is 14.2 Å². The quantitative estimate of drug-likeness (QED) is 0.567. The smallest absolute Gasteiger partial charge is 0.311 e. The zero-order valence-corrected chi connectivity index (χ0v) is 19.5. The van der Waals surface area contributed by atoms with Crippen LogP contribution in [0.15, 0.2) is 36.4 Å². The van der Waals surface area contributed by atoms with E-state index >= 15 is 0 Å². The number of nitrogens with one attached hydrogen (secondary N) is 2. The van der Waals surface area contributed by atoms with Gasteiger partial charge in [-0.1, -0.05) is 12.1 Å². The van der Waals surface area contributed by atoms with Crippen molar-refractivity contribution < 1.29 is 33.4 Å². The van der Waals surface area contributed by atoms with Crippen LogP contribution in [0.1, 0.15) is 27.9 Å². The number of benzene rings is 2. The van der Waals surface area contributed by atoms with Crippen molar-refractivity contribution in [2.24, 2.45) is 5.92 Å². The number of ether oxygens (including phenoxy) is 3. The molecule has 0 saturated carbocycles. The molecule has 3 amide bonds. The molecule has 1 heterocycles. The van der Waals surface area contributed by atoms with Gasteiger partial charge >= 0.3 is 5.97 Å². The molecule has 3 rings (SSSR count). The third-order valence-electron chi connectivity index (χ3n) is 5.32.